The van der Waals surface area contributed by atoms with Gasteiger partial charge in [0.2, 0.25) is 0 Å². The average molecular weight is 511 g/mol. The summed E-state index contributed by atoms with van der Waals surface area (Å²) in [5, 5.41) is 1.95. The van der Waals surface area contributed by atoms with Gasteiger partial charge < -0.3 is 9.47 Å². The van der Waals surface area contributed by atoms with E-state index in [9.17, 15) is 9.59 Å². The third kappa shape index (κ3) is 5.65. The fourth-order valence-electron chi connectivity index (χ4n) is 3.76. The molecule has 0 fully saturated rings. The molecule has 6 nitrogen and oxygen atoms in total. The summed E-state index contributed by atoms with van der Waals surface area (Å²) in [4.78, 5) is 32.8. The number of esters is 1. The lowest BCUT2D eigenvalue weighted by molar-refractivity contribution is -0.140. The van der Waals surface area contributed by atoms with Crippen molar-refractivity contribution in [1.29, 1.82) is 0 Å². The lowest BCUT2D eigenvalue weighted by atomic mass is 10.0. The molecule has 0 spiro atoms. The Morgan fingerprint density at radius 2 is 2.00 bits per heavy atom. The van der Waals surface area contributed by atoms with E-state index in [1.165, 1.54) is 22.7 Å². The van der Waals surface area contributed by atoms with E-state index >= 15 is 0 Å². The van der Waals surface area contributed by atoms with Crippen LogP contribution in [0.2, 0.25) is 0 Å². The maximum atomic E-state index is 13.6. The molecule has 1 aliphatic rings. The first-order valence-electron chi connectivity index (χ1n) is 11.8. The van der Waals surface area contributed by atoms with Gasteiger partial charge in [0.15, 0.2) is 4.80 Å². The quantitative estimate of drug-likeness (QED) is 0.310. The van der Waals surface area contributed by atoms with E-state index in [4.69, 9.17) is 9.47 Å². The second-order valence-corrected chi connectivity index (χ2v) is 10.8. The molecule has 0 aliphatic carbocycles. The molecule has 1 aliphatic heterocycles. The summed E-state index contributed by atoms with van der Waals surface area (Å²) in [6.07, 6.45) is 3.96. The summed E-state index contributed by atoms with van der Waals surface area (Å²) >= 11 is 2.84. The van der Waals surface area contributed by atoms with Crippen molar-refractivity contribution in [2.45, 2.75) is 46.6 Å². The van der Waals surface area contributed by atoms with Gasteiger partial charge in [-0.25, -0.2) is 9.79 Å². The predicted molar refractivity (Wildman–Crippen MR) is 141 cm³/mol. The molecule has 0 saturated heterocycles. The van der Waals surface area contributed by atoms with E-state index in [0.717, 1.165) is 29.0 Å². The van der Waals surface area contributed by atoms with Crippen LogP contribution < -0.4 is 19.6 Å². The highest BCUT2D eigenvalue weighted by molar-refractivity contribution is 7.10. The van der Waals surface area contributed by atoms with Crippen LogP contribution in [0.1, 0.15) is 57.0 Å². The number of carbonyl (C=O) groups is 1. The van der Waals surface area contributed by atoms with Gasteiger partial charge in [0.1, 0.15) is 11.8 Å². The minimum absolute atomic E-state index is 0.169. The van der Waals surface area contributed by atoms with Crippen LogP contribution >= 0.6 is 22.7 Å². The number of aromatic nitrogens is 1. The Hall–Kier alpha value is -2.97. The molecule has 0 amide bonds. The SMILES string of the molecule is CCCCOc1ccc(/C=c2/sc3n(c2=O)[C@H](c2cccs2)C(C(=O)OCC(C)C)=C(C)N=3)cc1. The molecule has 2 aromatic heterocycles. The van der Waals surface area contributed by atoms with E-state index in [0.29, 0.717) is 33.8 Å². The normalized spacial score (nSPS) is 15.8. The largest absolute Gasteiger partial charge is 0.494 e. The minimum Gasteiger partial charge on any atom is -0.494 e. The first-order chi connectivity index (χ1) is 16.9. The molecule has 1 aromatic carbocycles. The first kappa shape index (κ1) is 25.1. The van der Waals surface area contributed by atoms with Gasteiger partial charge in [0.05, 0.1) is 29.0 Å². The highest BCUT2D eigenvalue weighted by atomic mass is 32.1. The monoisotopic (exact) mass is 510 g/mol. The van der Waals surface area contributed by atoms with E-state index in [1.54, 1.807) is 11.5 Å². The Kier molecular flexibility index (Phi) is 8.03. The van der Waals surface area contributed by atoms with Crippen molar-refractivity contribution in [3.05, 3.63) is 83.2 Å². The van der Waals surface area contributed by atoms with Gasteiger partial charge in [-0.1, -0.05) is 56.7 Å². The van der Waals surface area contributed by atoms with E-state index in [-0.39, 0.29) is 11.5 Å². The number of nitrogens with zero attached hydrogens (tertiary/aromatic N) is 2. The topological polar surface area (TPSA) is 69.9 Å². The standard InChI is InChI=1S/C27H30N2O4S2/c1-5-6-13-32-20-11-9-19(10-12-20)15-22-25(30)29-24(21-8-7-14-34-21)23(18(4)28-27(29)35-22)26(31)33-16-17(2)3/h7-12,14-15,17,24H,5-6,13,16H2,1-4H3/b22-15+/t24-/m1/s1. The number of benzene rings is 1. The van der Waals surface area contributed by atoms with Gasteiger partial charge in [-0.2, -0.15) is 0 Å². The van der Waals surface area contributed by atoms with Gasteiger partial charge in [-0.15, -0.1) is 11.3 Å². The summed E-state index contributed by atoms with van der Waals surface area (Å²) in [6, 6.07) is 11.0. The summed E-state index contributed by atoms with van der Waals surface area (Å²) < 4.78 is 13.5. The molecule has 184 valence electrons. The van der Waals surface area contributed by atoms with Crippen LogP contribution in [0.4, 0.5) is 0 Å². The maximum absolute atomic E-state index is 13.6. The Balaban J connectivity index is 1.73. The third-order valence-corrected chi connectivity index (χ3v) is 7.45. The fraction of sp³-hybridized carbons (Fsp3) is 0.370. The summed E-state index contributed by atoms with van der Waals surface area (Å²) in [7, 11) is 0. The maximum Gasteiger partial charge on any atom is 0.338 e. The zero-order chi connectivity index (χ0) is 24.9. The number of carbonyl (C=O) groups excluding carboxylic acids is 1. The van der Waals surface area contributed by atoms with E-state index in [2.05, 4.69) is 11.9 Å². The molecule has 8 heteroatoms. The van der Waals surface area contributed by atoms with Crippen LogP contribution in [-0.2, 0) is 9.53 Å². The summed E-state index contributed by atoms with van der Waals surface area (Å²) in [5.41, 5.74) is 1.73. The number of rotatable bonds is 9. The predicted octanol–water partition coefficient (Wildman–Crippen LogP) is 4.67. The summed E-state index contributed by atoms with van der Waals surface area (Å²) in [6.45, 7) is 8.92. The molecule has 3 heterocycles. The van der Waals surface area contributed by atoms with E-state index < -0.39 is 12.0 Å². The first-order valence-corrected chi connectivity index (χ1v) is 13.5. The van der Waals surface area contributed by atoms with Gasteiger partial charge >= 0.3 is 5.97 Å². The van der Waals surface area contributed by atoms with Gasteiger partial charge in [0, 0.05) is 4.88 Å². The van der Waals surface area contributed by atoms with Crippen LogP contribution in [0, 0.1) is 5.92 Å². The number of thiophene rings is 1. The molecule has 1 atom stereocenters. The van der Waals surface area contributed by atoms with Crippen LogP contribution in [0.15, 0.2) is 62.8 Å². The number of unbranched alkanes of at least 4 members (excludes halogenated alkanes) is 1. The van der Waals surface area contributed by atoms with Crippen molar-refractivity contribution in [2.24, 2.45) is 10.9 Å². The molecule has 35 heavy (non-hydrogen) atoms. The number of thiazole rings is 1. The van der Waals surface area contributed by atoms with Crippen LogP contribution in [0.25, 0.3) is 6.08 Å². The molecule has 4 rings (SSSR count). The Morgan fingerprint density at radius 1 is 1.23 bits per heavy atom. The van der Waals surface area contributed by atoms with Crippen LogP contribution in [0.3, 0.4) is 0 Å². The lowest BCUT2D eigenvalue weighted by Gasteiger charge is -2.23. The lowest BCUT2D eigenvalue weighted by Crippen LogP contribution is -2.39. The minimum atomic E-state index is -0.553. The molecule has 0 radical (unpaired) electrons. The number of allylic oxidation sites excluding steroid dienone is 1. The number of fused-ring (bicyclic) bond motifs is 1. The summed E-state index contributed by atoms with van der Waals surface area (Å²) in [5.74, 6) is 0.603. The zero-order valence-corrected chi connectivity index (χ0v) is 22.1. The fourth-order valence-corrected chi connectivity index (χ4v) is 5.63. The number of hydrogen-bond donors (Lipinski definition) is 0. The van der Waals surface area contributed by atoms with Gasteiger partial charge in [-0.05, 0) is 54.5 Å². The third-order valence-electron chi connectivity index (χ3n) is 5.55. The molecule has 3 aromatic rings. The van der Waals surface area contributed by atoms with Crippen molar-refractivity contribution < 1.29 is 14.3 Å². The van der Waals surface area contributed by atoms with Crippen LogP contribution in [0.5, 0.6) is 5.75 Å². The van der Waals surface area contributed by atoms with Gasteiger partial charge in [-0.3, -0.25) is 9.36 Å². The molecular weight excluding hydrogens is 480 g/mol. The Bertz CT molecular complexity index is 1380. The highest BCUT2D eigenvalue weighted by Crippen LogP contribution is 2.33. The Morgan fingerprint density at radius 3 is 2.66 bits per heavy atom. The second kappa shape index (κ2) is 11.2. The van der Waals surface area contributed by atoms with Crippen molar-refractivity contribution in [1.82, 2.24) is 4.57 Å². The van der Waals surface area contributed by atoms with Crippen molar-refractivity contribution in [3.8, 4) is 5.75 Å². The van der Waals surface area contributed by atoms with Crippen molar-refractivity contribution in [2.75, 3.05) is 13.2 Å². The molecule has 0 N–H and O–H groups in total. The molecule has 0 unspecified atom stereocenters. The molecule has 0 bridgehead atoms. The molecule has 0 saturated carbocycles. The zero-order valence-electron chi connectivity index (χ0n) is 20.4. The smallest absolute Gasteiger partial charge is 0.338 e. The van der Waals surface area contributed by atoms with Crippen molar-refractivity contribution >= 4 is 34.7 Å². The second-order valence-electron chi connectivity index (χ2n) is 8.86. The van der Waals surface area contributed by atoms with Gasteiger partial charge in [0.25, 0.3) is 5.56 Å². The average Bonchev–Trinajstić information content (AvgIpc) is 3.47. The number of ether oxygens (including phenoxy) is 2. The van der Waals surface area contributed by atoms with Crippen molar-refractivity contribution in [3.63, 3.8) is 0 Å². The van der Waals surface area contributed by atoms with Crippen LogP contribution in [-0.4, -0.2) is 23.8 Å². The number of hydrogen-bond acceptors (Lipinski definition) is 7. The highest BCUT2D eigenvalue weighted by Gasteiger charge is 2.34. The molecular formula is C27H30N2O4S2. The van der Waals surface area contributed by atoms with E-state index in [1.807, 2.05) is 61.7 Å². The Labute approximate surface area is 212 Å².